The zero-order chi connectivity index (χ0) is 11.9. The van der Waals surface area contributed by atoms with Crippen LogP contribution < -0.4 is 11.5 Å². The Morgan fingerprint density at radius 1 is 0.500 bits per heavy atom. The van der Waals surface area contributed by atoms with E-state index in [0.717, 1.165) is 39.4 Å². The van der Waals surface area contributed by atoms with E-state index >= 15 is 0 Å². The standard InChI is InChI=1S/C12H28N2Se2/c13-9-5-1-3-7-11-15-16-12-8-4-2-6-10-14/h1-14H2. The van der Waals surface area contributed by atoms with Crippen LogP contribution in [-0.4, -0.2) is 39.4 Å². The van der Waals surface area contributed by atoms with Crippen LogP contribution in [0.1, 0.15) is 51.4 Å². The molecule has 0 aliphatic rings. The van der Waals surface area contributed by atoms with Crippen LogP contribution in [0.5, 0.6) is 0 Å². The first-order valence-electron chi connectivity index (χ1n) is 6.56. The van der Waals surface area contributed by atoms with E-state index in [1.54, 1.807) is 0 Å². The zero-order valence-electron chi connectivity index (χ0n) is 10.5. The van der Waals surface area contributed by atoms with Crippen molar-refractivity contribution < 1.29 is 0 Å². The van der Waals surface area contributed by atoms with Crippen LogP contribution in [-0.2, 0) is 0 Å². The molecule has 0 spiro atoms. The molecule has 0 saturated heterocycles. The third-order valence-corrected chi connectivity index (χ3v) is 10.2. The first-order valence-corrected chi connectivity index (χ1v) is 13.3. The van der Waals surface area contributed by atoms with Crippen molar-refractivity contribution in [2.24, 2.45) is 11.5 Å². The van der Waals surface area contributed by atoms with Crippen molar-refractivity contribution in [1.29, 1.82) is 0 Å². The van der Waals surface area contributed by atoms with Crippen LogP contribution in [0.3, 0.4) is 0 Å². The Hall–Kier alpha value is 0.959. The minimum atomic E-state index is 0.873. The summed E-state index contributed by atoms with van der Waals surface area (Å²) in [5.41, 5.74) is 10.9. The van der Waals surface area contributed by atoms with Gasteiger partial charge in [0.05, 0.1) is 0 Å². The van der Waals surface area contributed by atoms with Crippen molar-refractivity contribution in [2.45, 2.75) is 62.0 Å². The Balaban J connectivity index is 2.83. The van der Waals surface area contributed by atoms with Crippen LogP contribution in [0.4, 0.5) is 0 Å². The molecule has 0 saturated carbocycles. The van der Waals surface area contributed by atoms with Crippen LogP contribution in [0.25, 0.3) is 0 Å². The van der Waals surface area contributed by atoms with Gasteiger partial charge in [-0.25, -0.2) is 0 Å². The van der Waals surface area contributed by atoms with E-state index in [1.807, 2.05) is 0 Å². The molecule has 0 heterocycles. The predicted octanol–water partition coefficient (Wildman–Crippen LogP) is 2.18. The molecular formula is C12H28N2Se2. The summed E-state index contributed by atoms with van der Waals surface area (Å²) in [4.78, 5) is 0. The molecule has 2 nitrogen and oxygen atoms in total. The molecule has 0 aromatic carbocycles. The van der Waals surface area contributed by atoms with Gasteiger partial charge in [-0.1, -0.05) is 0 Å². The van der Waals surface area contributed by atoms with Crippen molar-refractivity contribution in [1.82, 2.24) is 0 Å². The normalized spacial score (nSPS) is 10.9. The van der Waals surface area contributed by atoms with E-state index in [1.165, 1.54) is 62.0 Å². The summed E-state index contributed by atoms with van der Waals surface area (Å²) in [7, 11) is 0. The van der Waals surface area contributed by atoms with Crippen LogP contribution in [0, 0.1) is 0 Å². The zero-order valence-corrected chi connectivity index (χ0v) is 13.9. The van der Waals surface area contributed by atoms with Crippen molar-refractivity contribution >= 4 is 26.3 Å². The molecule has 4 heteroatoms. The Morgan fingerprint density at radius 3 is 1.25 bits per heavy atom. The third-order valence-electron chi connectivity index (χ3n) is 2.45. The van der Waals surface area contributed by atoms with Gasteiger partial charge >= 0.3 is 113 Å². The third kappa shape index (κ3) is 15.0. The molecule has 16 heavy (non-hydrogen) atoms. The Labute approximate surface area is 113 Å². The van der Waals surface area contributed by atoms with Gasteiger partial charge in [0, 0.05) is 0 Å². The van der Waals surface area contributed by atoms with E-state index in [0.29, 0.717) is 0 Å². The van der Waals surface area contributed by atoms with Crippen molar-refractivity contribution in [3.63, 3.8) is 0 Å². The summed E-state index contributed by atoms with van der Waals surface area (Å²) in [6, 6.07) is 0. The van der Waals surface area contributed by atoms with E-state index in [2.05, 4.69) is 0 Å². The minimum absolute atomic E-state index is 0.873. The fourth-order valence-electron chi connectivity index (χ4n) is 1.44. The summed E-state index contributed by atoms with van der Waals surface area (Å²) in [5, 5.41) is 3.03. The quantitative estimate of drug-likeness (QED) is 0.392. The number of hydrogen-bond donors (Lipinski definition) is 2. The van der Waals surface area contributed by atoms with Crippen molar-refractivity contribution in [3.8, 4) is 0 Å². The van der Waals surface area contributed by atoms with Crippen LogP contribution in [0.2, 0.25) is 10.6 Å². The molecule has 4 N–H and O–H groups in total. The molecule has 0 unspecified atom stereocenters. The average Bonchev–Trinajstić information content (AvgIpc) is 2.31. The average molecular weight is 358 g/mol. The second-order valence-electron chi connectivity index (χ2n) is 4.05. The van der Waals surface area contributed by atoms with E-state index in [-0.39, 0.29) is 0 Å². The summed E-state index contributed by atoms with van der Waals surface area (Å²) < 4.78 is 0. The number of unbranched alkanes of at least 4 members (excludes halogenated alkanes) is 6. The molecule has 0 aromatic rings. The van der Waals surface area contributed by atoms with Gasteiger partial charge in [0.25, 0.3) is 0 Å². The van der Waals surface area contributed by atoms with Crippen molar-refractivity contribution in [2.75, 3.05) is 13.1 Å². The van der Waals surface area contributed by atoms with Gasteiger partial charge in [0.15, 0.2) is 0 Å². The summed E-state index contributed by atoms with van der Waals surface area (Å²) >= 11 is 1.95. The van der Waals surface area contributed by atoms with Crippen LogP contribution >= 0.6 is 0 Å². The fourth-order valence-corrected chi connectivity index (χ4v) is 8.42. The van der Waals surface area contributed by atoms with Gasteiger partial charge in [0.2, 0.25) is 0 Å². The van der Waals surface area contributed by atoms with Gasteiger partial charge in [-0.2, -0.15) is 0 Å². The van der Waals surface area contributed by atoms with Gasteiger partial charge in [-0.05, 0) is 0 Å². The second kappa shape index (κ2) is 16.0. The van der Waals surface area contributed by atoms with Gasteiger partial charge in [-0.15, -0.1) is 0 Å². The van der Waals surface area contributed by atoms with Crippen molar-refractivity contribution in [3.05, 3.63) is 0 Å². The number of hydrogen-bond acceptors (Lipinski definition) is 2. The molecule has 0 aliphatic carbocycles. The first-order chi connectivity index (χ1) is 7.91. The number of nitrogens with two attached hydrogens (primary N) is 2. The summed E-state index contributed by atoms with van der Waals surface area (Å²) in [6.07, 6.45) is 10.9. The van der Waals surface area contributed by atoms with E-state index in [9.17, 15) is 0 Å². The summed E-state index contributed by atoms with van der Waals surface area (Å²) in [5.74, 6) is 0. The molecule has 0 amide bonds. The molecule has 0 aromatic heterocycles. The molecule has 0 radical (unpaired) electrons. The fraction of sp³-hybridized carbons (Fsp3) is 1.00. The molecule has 0 atom stereocenters. The Bertz CT molecular complexity index is 110. The Morgan fingerprint density at radius 2 is 0.875 bits per heavy atom. The molecule has 0 fully saturated rings. The molecule has 0 rings (SSSR count). The molecule has 0 bridgehead atoms. The maximum atomic E-state index is 5.46. The molecule has 98 valence electrons. The van der Waals surface area contributed by atoms with E-state index in [4.69, 9.17) is 11.5 Å². The summed E-state index contributed by atoms with van der Waals surface area (Å²) in [6.45, 7) is 1.75. The van der Waals surface area contributed by atoms with Gasteiger partial charge in [0.1, 0.15) is 0 Å². The van der Waals surface area contributed by atoms with Gasteiger partial charge < -0.3 is 0 Å². The Kier molecular flexibility index (Phi) is 16.9. The second-order valence-corrected chi connectivity index (χ2v) is 11.9. The maximum absolute atomic E-state index is 5.46. The number of rotatable bonds is 13. The van der Waals surface area contributed by atoms with E-state index < -0.39 is 0 Å². The molecule has 0 aliphatic heterocycles. The molecular weight excluding hydrogens is 330 g/mol. The topological polar surface area (TPSA) is 52.0 Å². The predicted molar refractivity (Wildman–Crippen MR) is 76.2 cm³/mol. The van der Waals surface area contributed by atoms with Crippen LogP contribution in [0.15, 0.2) is 0 Å². The first kappa shape index (κ1) is 17.0. The monoisotopic (exact) mass is 360 g/mol. The SMILES string of the molecule is NCCCCCC[Se][Se]CCCCCCN. The van der Waals surface area contributed by atoms with Gasteiger partial charge in [-0.3, -0.25) is 0 Å².